The molecule has 12 nitrogen and oxygen atoms in total. The van der Waals surface area contributed by atoms with E-state index < -0.39 is 61.5 Å². The normalized spacial score (nSPS) is 13.5. The zero-order chi connectivity index (χ0) is 26.6. The molecule has 0 amide bonds. The Hall–Kier alpha value is -3.74. The number of hydrogen-bond acceptors (Lipinski definition) is 12. The van der Waals surface area contributed by atoms with Crippen LogP contribution in [0.3, 0.4) is 0 Å². The summed E-state index contributed by atoms with van der Waals surface area (Å²) < 4.78 is 19.7. The number of esters is 4. The van der Waals surface area contributed by atoms with Crippen LogP contribution in [0.2, 0.25) is 0 Å². The van der Waals surface area contributed by atoms with Crippen LogP contribution in [-0.4, -0.2) is 71.7 Å². The molecular weight excluding hydrogens is 452 g/mol. The van der Waals surface area contributed by atoms with Crippen molar-refractivity contribution in [1.82, 2.24) is 0 Å². The van der Waals surface area contributed by atoms with Crippen molar-refractivity contribution in [3.8, 4) is 12.1 Å². The lowest BCUT2D eigenvalue weighted by Gasteiger charge is -2.30. The van der Waals surface area contributed by atoms with E-state index in [2.05, 4.69) is 0 Å². The van der Waals surface area contributed by atoms with E-state index in [9.17, 15) is 29.4 Å². The summed E-state index contributed by atoms with van der Waals surface area (Å²) in [5.74, 6) is -3.90. The van der Waals surface area contributed by atoms with Crippen molar-refractivity contribution in [2.75, 3.05) is 13.2 Å². The Bertz CT molecular complexity index is 854. The lowest BCUT2D eigenvalue weighted by molar-refractivity contribution is -0.184. The summed E-state index contributed by atoms with van der Waals surface area (Å²) >= 11 is 0. The first-order valence-corrected chi connectivity index (χ1v) is 9.96. The van der Waals surface area contributed by atoms with Gasteiger partial charge in [-0.3, -0.25) is 9.59 Å². The minimum Gasteiger partial charge on any atom is -0.462 e. The molecule has 0 aliphatic rings. The summed E-state index contributed by atoms with van der Waals surface area (Å²) in [4.78, 5) is 47.1. The van der Waals surface area contributed by atoms with Gasteiger partial charge in [-0.2, -0.15) is 10.5 Å². The number of aliphatic hydroxyl groups excluding tert-OH is 2. The first-order chi connectivity index (χ1) is 15.8. The molecule has 0 aromatic rings. The van der Waals surface area contributed by atoms with Crippen LogP contribution in [0.25, 0.3) is 0 Å². The second kappa shape index (κ2) is 14.4. The van der Waals surface area contributed by atoms with Gasteiger partial charge in [-0.25, -0.2) is 9.59 Å². The fourth-order valence-corrected chi connectivity index (χ4v) is 2.36. The van der Waals surface area contributed by atoms with Gasteiger partial charge in [0.1, 0.15) is 48.7 Å². The Morgan fingerprint density at radius 2 is 0.971 bits per heavy atom. The van der Waals surface area contributed by atoms with Crippen molar-refractivity contribution < 1.29 is 48.3 Å². The highest BCUT2D eigenvalue weighted by Crippen LogP contribution is 2.17. The molecule has 2 N–H and O–H groups in total. The van der Waals surface area contributed by atoms with Crippen LogP contribution in [0.5, 0.6) is 0 Å². The molecule has 0 saturated heterocycles. The van der Waals surface area contributed by atoms with E-state index >= 15 is 0 Å². The Balaban J connectivity index is 5.99. The SMILES string of the molecule is CC(=O)OC[C@@H](OC(=O)C(C#N)=C(C)C)[C@@H](O)[C@H](O)[C@@H](COC(C)=O)OC(=O)C(C#N)=C(C)C. The summed E-state index contributed by atoms with van der Waals surface area (Å²) in [6, 6.07) is 3.28. The molecule has 0 saturated carbocycles. The Morgan fingerprint density at radius 1 is 0.676 bits per heavy atom. The number of hydrogen-bond donors (Lipinski definition) is 2. The van der Waals surface area contributed by atoms with Gasteiger partial charge >= 0.3 is 23.9 Å². The van der Waals surface area contributed by atoms with Crippen LogP contribution in [0.15, 0.2) is 22.3 Å². The lowest BCUT2D eigenvalue weighted by atomic mass is 10.0. The molecule has 4 atom stereocenters. The fourth-order valence-electron chi connectivity index (χ4n) is 2.36. The summed E-state index contributed by atoms with van der Waals surface area (Å²) in [7, 11) is 0. The number of ether oxygens (including phenoxy) is 4. The average Bonchev–Trinajstić information content (AvgIpc) is 2.73. The second-order valence-corrected chi connectivity index (χ2v) is 7.45. The summed E-state index contributed by atoms with van der Waals surface area (Å²) in [6.45, 7) is 6.54. The first-order valence-electron chi connectivity index (χ1n) is 9.96. The number of aliphatic hydroxyl groups is 2. The van der Waals surface area contributed by atoms with Crippen molar-refractivity contribution in [2.45, 2.75) is 66.0 Å². The number of rotatable bonds is 11. The number of carbonyl (C=O) groups is 4. The predicted molar refractivity (Wildman–Crippen MR) is 113 cm³/mol. The maximum Gasteiger partial charge on any atom is 0.349 e. The highest BCUT2D eigenvalue weighted by molar-refractivity contribution is 5.94. The zero-order valence-electron chi connectivity index (χ0n) is 19.8. The van der Waals surface area contributed by atoms with Crippen molar-refractivity contribution in [2.24, 2.45) is 0 Å². The summed E-state index contributed by atoms with van der Waals surface area (Å²) in [5, 5.41) is 39.6. The van der Waals surface area contributed by atoms with Crippen LogP contribution >= 0.6 is 0 Å². The van der Waals surface area contributed by atoms with Gasteiger partial charge in [-0.05, 0) is 27.7 Å². The van der Waals surface area contributed by atoms with Crippen LogP contribution in [0.1, 0.15) is 41.5 Å². The quantitative estimate of drug-likeness (QED) is 0.179. The number of nitrogens with zero attached hydrogens (tertiary/aromatic N) is 2. The largest absolute Gasteiger partial charge is 0.462 e. The predicted octanol–water partition coefficient (Wildman–Crippen LogP) is 0.378. The Kier molecular flexibility index (Phi) is 12.8. The third-order valence-corrected chi connectivity index (χ3v) is 4.16. The van der Waals surface area contributed by atoms with Gasteiger partial charge in [-0.1, -0.05) is 11.1 Å². The van der Waals surface area contributed by atoms with E-state index in [1.807, 2.05) is 0 Å². The molecule has 12 heteroatoms. The monoisotopic (exact) mass is 480 g/mol. The maximum atomic E-state index is 12.3. The molecule has 0 rings (SSSR count). The van der Waals surface area contributed by atoms with E-state index in [0.717, 1.165) is 13.8 Å². The molecule has 0 fully saturated rings. The van der Waals surface area contributed by atoms with Crippen molar-refractivity contribution in [1.29, 1.82) is 10.5 Å². The topological polar surface area (TPSA) is 193 Å². The van der Waals surface area contributed by atoms with E-state index in [4.69, 9.17) is 29.5 Å². The minimum absolute atomic E-state index is 0.307. The fraction of sp³-hybridized carbons (Fsp3) is 0.545. The van der Waals surface area contributed by atoms with Gasteiger partial charge in [0, 0.05) is 13.8 Å². The van der Waals surface area contributed by atoms with Gasteiger partial charge in [-0.15, -0.1) is 0 Å². The highest BCUT2D eigenvalue weighted by Gasteiger charge is 2.39. The zero-order valence-corrected chi connectivity index (χ0v) is 19.8. The molecule has 0 unspecified atom stereocenters. The van der Waals surface area contributed by atoms with Gasteiger partial charge < -0.3 is 29.2 Å². The molecule has 0 heterocycles. The van der Waals surface area contributed by atoms with Gasteiger partial charge in [0.15, 0.2) is 12.2 Å². The smallest absolute Gasteiger partial charge is 0.349 e. The highest BCUT2D eigenvalue weighted by atomic mass is 16.6. The molecule has 0 radical (unpaired) electrons. The molecule has 0 bridgehead atoms. The Labute approximate surface area is 196 Å². The molecule has 0 aromatic heterocycles. The third-order valence-electron chi connectivity index (χ3n) is 4.16. The van der Waals surface area contributed by atoms with Crippen LogP contribution < -0.4 is 0 Å². The van der Waals surface area contributed by atoms with Crippen LogP contribution in [0.4, 0.5) is 0 Å². The molecule has 0 aromatic carbocycles. The molecular formula is C22H28N2O10. The van der Waals surface area contributed by atoms with Gasteiger partial charge in [0.05, 0.1) is 0 Å². The molecule has 186 valence electrons. The molecule has 34 heavy (non-hydrogen) atoms. The van der Waals surface area contributed by atoms with Crippen LogP contribution in [0, 0.1) is 22.7 Å². The number of allylic oxidation sites excluding steroid dienone is 2. The number of nitriles is 2. The van der Waals surface area contributed by atoms with Crippen molar-refractivity contribution in [3.05, 3.63) is 22.3 Å². The molecule has 0 spiro atoms. The molecule has 0 aliphatic heterocycles. The minimum atomic E-state index is -2.04. The van der Waals surface area contributed by atoms with E-state index in [1.165, 1.54) is 27.7 Å². The Morgan fingerprint density at radius 3 is 1.18 bits per heavy atom. The first kappa shape index (κ1) is 30.3. The maximum absolute atomic E-state index is 12.3. The third kappa shape index (κ3) is 9.81. The van der Waals surface area contributed by atoms with Crippen molar-refractivity contribution in [3.63, 3.8) is 0 Å². The van der Waals surface area contributed by atoms with Gasteiger partial charge in [0.25, 0.3) is 0 Å². The lowest BCUT2D eigenvalue weighted by Crippen LogP contribution is -2.51. The number of carbonyl (C=O) groups excluding carboxylic acids is 4. The summed E-state index contributed by atoms with van der Waals surface area (Å²) in [5.41, 5.74) is -0.137. The van der Waals surface area contributed by atoms with E-state index in [0.29, 0.717) is 11.1 Å². The van der Waals surface area contributed by atoms with Crippen molar-refractivity contribution >= 4 is 23.9 Å². The standard InChI is InChI=1S/C22H28N2O10/c1-11(2)15(7-23)21(29)33-17(9-31-13(5)25)19(27)20(28)18(10-32-14(6)26)34-22(30)16(8-24)12(3)4/h17-20,27-28H,9-10H2,1-6H3/t17-,18-,19-,20-/m1/s1. The average molecular weight is 480 g/mol. The molecule has 0 aliphatic carbocycles. The van der Waals surface area contributed by atoms with E-state index in [1.54, 1.807) is 12.1 Å². The van der Waals surface area contributed by atoms with E-state index in [-0.39, 0.29) is 11.1 Å². The van der Waals surface area contributed by atoms with Crippen LogP contribution in [-0.2, 0) is 38.1 Å². The second-order valence-electron chi connectivity index (χ2n) is 7.45. The summed E-state index contributed by atoms with van der Waals surface area (Å²) in [6.07, 6.45) is -7.48. The van der Waals surface area contributed by atoms with Gasteiger partial charge in [0.2, 0.25) is 0 Å².